The van der Waals surface area contributed by atoms with Crippen LogP contribution in [0.5, 0.6) is 5.75 Å². The number of aliphatic carboxylic acids is 1. The van der Waals surface area contributed by atoms with Crippen LogP contribution in [0.15, 0.2) is 48.5 Å². The molecule has 0 heterocycles. The van der Waals surface area contributed by atoms with Gasteiger partial charge in [0.1, 0.15) is 0 Å². The number of anilines is 1. The van der Waals surface area contributed by atoms with E-state index in [2.05, 4.69) is 5.32 Å². The predicted molar refractivity (Wildman–Crippen MR) is 78.3 cm³/mol. The third-order valence-electron chi connectivity index (χ3n) is 3.16. The van der Waals surface area contributed by atoms with E-state index >= 15 is 0 Å². The van der Waals surface area contributed by atoms with Crippen LogP contribution in [-0.4, -0.2) is 24.7 Å². The molecule has 2 aromatic rings. The van der Waals surface area contributed by atoms with Crippen LogP contribution in [0, 0.1) is 5.82 Å². The molecule has 0 aliphatic heterocycles. The first-order chi connectivity index (χ1) is 10.1. The molecule has 4 nitrogen and oxygen atoms in total. The van der Waals surface area contributed by atoms with Crippen molar-refractivity contribution in [2.24, 2.45) is 0 Å². The van der Waals surface area contributed by atoms with E-state index in [1.807, 2.05) is 6.07 Å². The lowest BCUT2D eigenvalue weighted by molar-refractivity contribution is -0.138. The number of halogens is 1. The van der Waals surface area contributed by atoms with E-state index in [-0.39, 0.29) is 12.3 Å². The van der Waals surface area contributed by atoms with Crippen molar-refractivity contribution in [1.29, 1.82) is 0 Å². The smallest absolute Gasteiger partial charge is 0.312 e. The first-order valence-corrected chi connectivity index (χ1v) is 6.47. The molecule has 0 spiro atoms. The van der Waals surface area contributed by atoms with Gasteiger partial charge in [-0.3, -0.25) is 4.79 Å². The Morgan fingerprint density at radius 3 is 2.62 bits per heavy atom. The highest BCUT2D eigenvalue weighted by molar-refractivity contribution is 5.77. The standard InChI is InChI=1S/C16H16FNO3/c1-21-15-9-12(7-8-14(15)17)18-10-13(16(19)20)11-5-3-2-4-6-11/h2-9,13,18H,10H2,1H3,(H,19,20). The number of hydrogen-bond acceptors (Lipinski definition) is 3. The van der Waals surface area contributed by atoms with Crippen molar-refractivity contribution < 1.29 is 19.0 Å². The van der Waals surface area contributed by atoms with Crippen molar-refractivity contribution in [3.63, 3.8) is 0 Å². The molecule has 0 amide bonds. The van der Waals surface area contributed by atoms with Gasteiger partial charge in [0.2, 0.25) is 0 Å². The van der Waals surface area contributed by atoms with Crippen LogP contribution in [0.25, 0.3) is 0 Å². The number of rotatable bonds is 6. The Bertz CT molecular complexity index is 616. The first-order valence-electron chi connectivity index (χ1n) is 6.47. The van der Waals surface area contributed by atoms with Gasteiger partial charge in [-0.25, -0.2) is 4.39 Å². The fourth-order valence-corrected chi connectivity index (χ4v) is 2.02. The fourth-order valence-electron chi connectivity index (χ4n) is 2.02. The Balaban J connectivity index is 2.11. The van der Waals surface area contributed by atoms with Crippen LogP contribution in [0.2, 0.25) is 0 Å². The van der Waals surface area contributed by atoms with Gasteiger partial charge >= 0.3 is 5.97 Å². The van der Waals surface area contributed by atoms with Crippen LogP contribution < -0.4 is 10.1 Å². The van der Waals surface area contributed by atoms with Gasteiger partial charge in [-0.1, -0.05) is 30.3 Å². The van der Waals surface area contributed by atoms with Crippen molar-refractivity contribution in [3.8, 4) is 5.75 Å². The zero-order chi connectivity index (χ0) is 15.2. The quantitative estimate of drug-likeness (QED) is 0.858. The molecule has 110 valence electrons. The molecule has 1 atom stereocenters. The van der Waals surface area contributed by atoms with Crippen LogP contribution in [0.1, 0.15) is 11.5 Å². The van der Waals surface area contributed by atoms with Crippen molar-refractivity contribution in [2.45, 2.75) is 5.92 Å². The molecule has 0 fully saturated rings. The average molecular weight is 289 g/mol. The van der Waals surface area contributed by atoms with E-state index in [1.54, 1.807) is 30.3 Å². The Morgan fingerprint density at radius 2 is 2.00 bits per heavy atom. The van der Waals surface area contributed by atoms with Gasteiger partial charge in [-0.15, -0.1) is 0 Å². The topological polar surface area (TPSA) is 58.6 Å². The molecule has 0 saturated heterocycles. The van der Waals surface area contributed by atoms with Gasteiger partial charge in [0.25, 0.3) is 0 Å². The van der Waals surface area contributed by atoms with E-state index in [0.29, 0.717) is 11.3 Å². The first kappa shape index (κ1) is 14.8. The predicted octanol–water partition coefficient (Wildman–Crippen LogP) is 3.11. The number of nitrogens with one attached hydrogen (secondary N) is 1. The molecule has 5 heteroatoms. The van der Waals surface area contributed by atoms with Crippen LogP contribution in [-0.2, 0) is 4.79 Å². The minimum Gasteiger partial charge on any atom is -0.494 e. The number of carboxylic acid groups (broad SMARTS) is 1. The Morgan fingerprint density at radius 1 is 1.29 bits per heavy atom. The minimum absolute atomic E-state index is 0.117. The molecule has 0 aliphatic rings. The normalized spacial score (nSPS) is 11.7. The van der Waals surface area contributed by atoms with Gasteiger partial charge < -0.3 is 15.2 Å². The zero-order valence-electron chi connectivity index (χ0n) is 11.5. The van der Waals surface area contributed by atoms with E-state index in [0.717, 1.165) is 0 Å². The molecule has 0 aromatic heterocycles. The molecular weight excluding hydrogens is 273 g/mol. The van der Waals surface area contributed by atoms with Gasteiger partial charge in [-0.2, -0.15) is 0 Å². The molecule has 2 N–H and O–H groups in total. The average Bonchev–Trinajstić information content (AvgIpc) is 2.49. The molecule has 0 radical (unpaired) electrons. The van der Waals surface area contributed by atoms with Crippen LogP contribution in [0.3, 0.4) is 0 Å². The summed E-state index contributed by atoms with van der Waals surface area (Å²) in [6.07, 6.45) is 0. The second kappa shape index (κ2) is 6.74. The SMILES string of the molecule is COc1cc(NCC(C(=O)O)c2ccccc2)ccc1F. The minimum atomic E-state index is -0.914. The Hall–Kier alpha value is -2.56. The van der Waals surface area contributed by atoms with Gasteiger partial charge in [0.05, 0.1) is 13.0 Å². The fraction of sp³-hybridized carbons (Fsp3) is 0.188. The lowest BCUT2D eigenvalue weighted by Gasteiger charge is -2.15. The molecular formula is C16H16FNO3. The summed E-state index contributed by atoms with van der Waals surface area (Å²) >= 11 is 0. The second-order valence-electron chi connectivity index (χ2n) is 4.53. The van der Waals surface area contributed by atoms with Crippen LogP contribution >= 0.6 is 0 Å². The van der Waals surface area contributed by atoms with E-state index in [4.69, 9.17) is 4.74 Å². The maximum absolute atomic E-state index is 13.3. The molecule has 2 aromatic carbocycles. The summed E-state index contributed by atoms with van der Waals surface area (Å²) in [6.45, 7) is 0.203. The number of ether oxygens (including phenoxy) is 1. The number of benzene rings is 2. The van der Waals surface area contributed by atoms with Crippen molar-refractivity contribution in [3.05, 3.63) is 59.9 Å². The lowest BCUT2D eigenvalue weighted by Crippen LogP contribution is -2.20. The molecule has 0 aliphatic carbocycles. The van der Waals surface area contributed by atoms with Gasteiger partial charge in [0.15, 0.2) is 11.6 Å². The summed E-state index contributed by atoms with van der Waals surface area (Å²) in [5.74, 6) is -1.93. The summed E-state index contributed by atoms with van der Waals surface area (Å²) in [5.41, 5.74) is 1.32. The lowest BCUT2D eigenvalue weighted by atomic mass is 9.99. The highest BCUT2D eigenvalue weighted by atomic mass is 19.1. The van der Waals surface area contributed by atoms with Crippen molar-refractivity contribution >= 4 is 11.7 Å². The monoisotopic (exact) mass is 289 g/mol. The number of carboxylic acids is 1. The third-order valence-corrected chi connectivity index (χ3v) is 3.16. The highest BCUT2D eigenvalue weighted by Crippen LogP contribution is 2.23. The summed E-state index contributed by atoms with van der Waals surface area (Å²) in [6, 6.07) is 13.3. The Labute approximate surface area is 122 Å². The summed E-state index contributed by atoms with van der Waals surface area (Å²) in [7, 11) is 1.38. The molecule has 2 rings (SSSR count). The maximum Gasteiger partial charge on any atom is 0.312 e. The van der Waals surface area contributed by atoms with Crippen LogP contribution in [0.4, 0.5) is 10.1 Å². The van der Waals surface area contributed by atoms with Gasteiger partial charge in [0, 0.05) is 18.3 Å². The number of hydrogen-bond donors (Lipinski definition) is 2. The molecule has 21 heavy (non-hydrogen) atoms. The van der Waals surface area contributed by atoms with Gasteiger partial charge in [-0.05, 0) is 17.7 Å². The molecule has 0 saturated carbocycles. The summed E-state index contributed by atoms with van der Waals surface area (Å²) in [5, 5.41) is 12.3. The van der Waals surface area contributed by atoms with E-state index < -0.39 is 17.7 Å². The molecule has 1 unspecified atom stereocenters. The summed E-state index contributed by atoms with van der Waals surface area (Å²) in [4.78, 5) is 11.4. The van der Waals surface area contributed by atoms with Crippen molar-refractivity contribution in [2.75, 3.05) is 19.0 Å². The Kier molecular flexibility index (Phi) is 4.77. The zero-order valence-corrected chi connectivity index (χ0v) is 11.5. The second-order valence-corrected chi connectivity index (χ2v) is 4.53. The maximum atomic E-state index is 13.3. The van der Waals surface area contributed by atoms with E-state index in [9.17, 15) is 14.3 Å². The number of carbonyl (C=O) groups is 1. The molecule has 0 bridgehead atoms. The highest BCUT2D eigenvalue weighted by Gasteiger charge is 2.19. The number of methoxy groups -OCH3 is 1. The largest absolute Gasteiger partial charge is 0.494 e. The van der Waals surface area contributed by atoms with E-state index in [1.165, 1.54) is 19.2 Å². The third kappa shape index (κ3) is 3.72. The summed E-state index contributed by atoms with van der Waals surface area (Å²) < 4.78 is 18.2. The van der Waals surface area contributed by atoms with Crippen molar-refractivity contribution in [1.82, 2.24) is 0 Å².